The minimum Gasteiger partial charge on any atom is -0.103 e. The number of aryl methyl sites for hydroxylation is 2. The van der Waals surface area contributed by atoms with Gasteiger partial charge in [0.15, 0.2) is 0 Å². The maximum atomic E-state index is 3.83. The first-order valence-electron chi connectivity index (χ1n) is 5.39. The third kappa shape index (κ3) is 2.25. The number of benzene rings is 1. The standard InChI is InChI=1S/C14H20/c1-5-7-13-10-9-11(3)12(4)14(13)8-6-2/h6,9-10H,2,5,7-8H2,1,3-4H3. The Labute approximate surface area is 87.7 Å². The number of hydrogen-bond donors (Lipinski definition) is 0. The molecule has 0 atom stereocenters. The third-order valence-electron chi connectivity index (χ3n) is 2.83. The van der Waals surface area contributed by atoms with E-state index < -0.39 is 0 Å². The summed E-state index contributed by atoms with van der Waals surface area (Å²) in [6.07, 6.45) is 5.40. The van der Waals surface area contributed by atoms with Crippen LogP contribution in [-0.4, -0.2) is 0 Å². The van der Waals surface area contributed by atoms with Gasteiger partial charge >= 0.3 is 0 Å². The highest BCUT2D eigenvalue weighted by molar-refractivity contribution is 5.40. The van der Waals surface area contributed by atoms with Crippen LogP contribution in [0.4, 0.5) is 0 Å². The average molecular weight is 188 g/mol. The second-order valence-corrected chi connectivity index (χ2v) is 3.89. The molecule has 1 aromatic rings. The van der Waals surface area contributed by atoms with E-state index in [1.807, 2.05) is 6.08 Å². The van der Waals surface area contributed by atoms with Crippen LogP contribution in [0.25, 0.3) is 0 Å². The lowest BCUT2D eigenvalue weighted by Gasteiger charge is -2.12. The minimum absolute atomic E-state index is 1.00. The fraction of sp³-hybridized carbons (Fsp3) is 0.429. The van der Waals surface area contributed by atoms with E-state index >= 15 is 0 Å². The normalized spacial score (nSPS) is 10.2. The predicted octanol–water partition coefficient (Wildman–Crippen LogP) is 3.98. The first-order valence-corrected chi connectivity index (χ1v) is 5.39. The second kappa shape index (κ2) is 4.99. The lowest BCUT2D eigenvalue weighted by molar-refractivity contribution is 0.901. The molecule has 0 heterocycles. The minimum atomic E-state index is 1.00. The van der Waals surface area contributed by atoms with E-state index in [1.54, 1.807) is 0 Å². The maximum Gasteiger partial charge on any atom is -0.00947 e. The second-order valence-electron chi connectivity index (χ2n) is 3.89. The Morgan fingerprint density at radius 3 is 2.57 bits per heavy atom. The molecule has 0 bridgehead atoms. The van der Waals surface area contributed by atoms with Gasteiger partial charge in [0.2, 0.25) is 0 Å². The fourth-order valence-electron chi connectivity index (χ4n) is 1.86. The van der Waals surface area contributed by atoms with Crippen molar-refractivity contribution in [1.82, 2.24) is 0 Å². The van der Waals surface area contributed by atoms with Crippen molar-refractivity contribution >= 4 is 0 Å². The maximum absolute atomic E-state index is 3.83. The Morgan fingerprint density at radius 2 is 2.00 bits per heavy atom. The molecule has 0 spiro atoms. The molecular formula is C14H20. The van der Waals surface area contributed by atoms with Crippen molar-refractivity contribution in [3.63, 3.8) is 0 Å². The molecule has 0 aliphatic carbocycles. The van der Waals surface area contributed by atoms with Crippen LogP contribution in [0.2, 0.25) is 0 Å². The van der Waals surface area contributed by atoms with Gasteiger partial charge in [-0.25, -0.2) is 0 Å². The van der Waals surface area contributed by atoms with E-state index in [-0.39, 0.29) is 0 Å². The Morgan fingerprint density at radius 1 is 1.29 bits per heavy atom. The molecule has 0 amide bonds. The van der Waals surface area contributed by atoms with Gasteiger partial charge in [0, 0.05) is 0 Å². The van der Waals surface area contributed by atoms with Crippen LogP contribution in [0.1, 0.15) is 35.6 Å². The highest BCUT2D eigenvalue weighted by atomic mass is 14.1. The van der Waals surface area contributed by atoms with Crippen LogP contribution in [0, 0.1) is 13.8 Å². The van der Waals surface area contributed by atoms with Crippen molar-refractivity contribution in [3.8, 4) is 0 Å². The smallest absolute Gasteiger partial charge is 0.00947 e. The molecule has 0 nitrogen and oxygen atoms in total. The molecule has 1 rings (SSSR count). The molecule has 76 valence electrons. The molecule has 14 heavy (non-hydrogen) atoms. The molecule has 0 aliphatic heterocycles. The zero-order valence-electron chi connectivity index (χ0n) is 9.56. The summed E-state index contributed by atoms with van der Waals surface area (Å²) in [5.41, 5.74) is 5.81. The monoisotopic (exact) mass is 188 g/mol. The number of allylic oxidation sites excluding steroid dienone is 1. The Kier molecular flexibility index (Phi) is 3.94. The van der Waals surface area contributed by atoms with E-state index in [4.69, 9.17) is 0 Å². The molecular weight excluding hydrogens is 168 g/mol. The van der Waals surface area contributed by atoms with E-state index in [9.17, 15) is 0 Å². The molecule has 0 aromatic heterocycles. The van der Waals surface area contributed by atoms with Crippen molar-refractivity contribution in [2.45, 2.75) is 40.0 Å². The molecule has 1 aromatic carbocycles. The van der Waals surface area contributed by atoms with Gasteiger partial charge in [-0.3, -0.25) is 0 Å². The summed E-state index contributed by atoms with van der Waals surface area (Å²) in [5, 5.41) is 0. The van der Waals surface area contributed by atoms with Crippen molar-refractivity contribution in [1.29, 1.82) is 0 Å². The molecule has 0 saturated carbocycles. The lowest BCUT2D eigenvalue weighted by Crippen LogP contribution is -1.98. The van der Waals surface area contributed by atoms with Crippen LogP contribution in [0.3, 0.4) is 0 Å². The first-order chi connectivity index (χ1) is 6.70. The predicted molar refractivity (Wildman–Crippen MR) is 63.8 cm³/mol. The van der Waals surface area contributed by atoms with Gasteiger partial charge < -0.3 is 0 Å². The number of hydrogen-bond acceptors (Lipinski definition) is 0. The van der Waals surface area contributed by atoms with E-state index in [0.29, 0.717) is 0 Å². The molecule has 0 N–H and O–H groups in total. The fourth-order valence-corrected chi connectivity index (χ4v) is 1.86. The zero-order valence-corrected chi connectivity index (χ0v) is 9.56. The van der Waals surface area contributed by atoms with Crippen molar-refractivity contribution in [2.24, 2.45) is 0 Å². The van der Waals surface area contributed by atoms with Gasteiger partial charge in [-0.2, -0.15) is 0 Å². The Hall–Kier alpha value is -1.04. The van der Waals surface area contributed by atoms with Crippen LogP contribution in [0.15, 0.2) is 24.8 Å². The Bertz CT molecular complexity index is 321. The summed E-state index contributed by atoms with van der Waals surface area (Å²) < 4.78 is 0. The van der Waals surface area contributed by atoms with E-state index in [1.165, 1.54) is 35.1 Å². The van der Waals surface area contributed by atoms with E-state index in [2.05, 4.69) is 39.5 Å². The molecule has 0 aliphatic rings. The van der Waals surface area contributed by atoms with Gasteiger partial charge in [-0.05, 0) is 48.9 Å². The Balaban J connectivity index is 3.14. The van der Waals surface area contributed by atoms with Crippen molar-refractivity contribution < 1.29 is 0 Å². The third-order valence-corrected chi connectivity index (χ3v) is 2.83. The molecule has 0 fully saturated rings. The molecule has 0 unspecified atom stereocenters. The van der Waals surface area contributed by atoms with Crippen LogP contribution in [-0.2, 0) is 12.8 Å². The molecule has 0 radical (unpaired) electrons. The molecule has 0 heteroatoms. The number of rotatable bonds is 4. The summed E-state index contributed by atoms with van der Waals surface area (Å²) in [6.45, 7) is 10.5. The van der Waals surface area contributed by atoms with Crippen molar-refractivity contribution in [3.05, 3.63) is 47.0 Å². The van der Waals surface area contributed by atoms with Gasteiger partial charge in [-0.15, -0.1) is 6.58 Å². The van der Waals surface area contributed by atoms with Crippen molar-refractivity contribution in [2.75, 3.05) is 0 Å². The first kappa shape index (κ1) is 11.0. The summed E-state index contributed by atoms with van der Waals surface area (Å²) in [5.74, 6) is 0. The van der Waals surface area contributed by atoms with Crippen LogP contribution < -0.4 is 0 Å². The quantitative estimate of drug-likeness (QED) is 0.627. The van der Waals surface area contributed by atoms with Gasteiger partial charge in [0.25, 0.3) is 0 Å². The van der Waals surface area contributed by atoms with Gasteiger partial charge in [0.1, 0.15) is 0 Å². The molecule has 0 saturated heterocycles. The van der Waals surface area contributed by atoms with E-state index in [0.717, 1.165) is 6.42 Å². The SMILES string of the molecule is C=CCc1c(CCC)ccc(C)c1C. The van der Waals surface area contributed by atoms with Gasteiger partial charge in [0.05, 0.1) is 0 Å². The van der Waals surface area contributed by atoms with Gasteiger partial charge in [-0.1, -0.05) is 31.6 Å². The lowest BCUT2D eigenvalue weighted by atomic mass is 9.93. The van der Waals surface area contributed by atoms with Crippen LogP contribution >= 0.6 is 0 Å². The summed E-state index contributed by atoms with van der Waals surface area (Å²) >= 11 is 0. The summed E-state index contributed by atoms with van der Waals surface area (Å²) in [6, 6.07) is 4.50. The highest BCUT2D eigenvalue weighted by Crippen LogP contribution is 2.20. The average Bonchev–Trinajstić information content (AvgIpc) is 2.18. The topological polar surface area (TPSA) is 0 Å². The zero-order chi connectivity index (χ0) is 10.6. The van der Waals surface area contributed by atoms with Crippen LogP contribution in [0.5, 0.6) is 0 Å². The largest absolute Gasteiger partial charge is 0.103 e. The summed E-state index contributed by atoms with van der Waals surface area (Å²) in [4.78, 5) is 0. The highest BCUT2D eigenvalue weighted by Gasteiger charge is 2.05. The summed E-state index contributed by atoms with van der Waals surface area (Å²) in [7, 11) is 0.